The monoisotopic (exact) mass is 186 g/mol. The summed E-state index contributed by atoms with van der Waals surface area (Å²) >= 11 is 0. The maximum atomic E-state index is 11.7. The summed E-state index contributed by atoms with van der Waals surface area (Å²) in [7, 11) is 0. The SMILES string of the molecule is Cc1ccc(C(=O)n2ccnc2)cc1. The number of hydrogen-bond acceptors (Lipinski definition) is 2. The third-order valence-corrected chi connectivity index (χ3v) is 2.04. The molecule has 0 unspecified atom stereocenters. The van der Waals surface area contributed by atoms with E-state index in [9.17, 15) is 4.79 Å². The van der Waals surface area contributed by atoms with Gasteiger partial charge in [-0.1, -0.05) is 17.7 Å². The predicted octanol–water partition coefficient (Wildman–Crippen LogP) is 1.88. The minimum Gasteiger partial charge on any atom is -0.272 e. The fraction of sp³-hybridized carbons (Fsp3) is 0.0909. The molecular formula is C11H10N2O. The molecule has 0 aliphatic rings. The Bertz CT molecular complexity index is 429. The minimum atomic E-state index is -0.0532. The second kappa shape index (κ2) is 3.46. The van der Waals surface area contributed by atoms with Gasteiger partial charge in [-0.25, -0.2) is 4.98 Å². The van der Waals surface area contributed by atoms with Crippen LogP contribution in [-0.4, -0.2) is 15.5 Å². The lowest BCUT2D eigenvalue weighted by Crippen LogP contribution is -2.09. The van der Waals surface area contributed by atoms with E-state index in [2.05, 4.69) is 4.98 Å². The molecule has 0 spiro atoms. The van der Waals surface area contributed by atoms with Gasteiger partial charge in [0.1, 0.15) is 6.33 Å². The molecule has 2 aromatic rings. The molecular weight excluding hydrogens is 176 g/mol. The van der Waals surface area contributed by atoms with Crippen molar-refractivity contribution in [3.8, 4) is 0 Å². The van der Waals surface area contributed by atoms with Crippen LogP contribution < -0.4 is 0 Å². The molecule has 3 nitrogen and oxygen atoms in total. The van der Waals surface area contributed by atoms with E-state index in [4.69, 9.17) is 0 Å². The molecule has 0 amide bonds. The minimum absolute atomic E-state index is 0.0532. The highest BCUT2D eigenvalue weighted by Crippen LogP contribution is 2.05. The molecule has 1 heterocycles. The molecule has 0 N–H and O–H groups in total. The number of nitrogens with zero attached hydrogens (tertiary/aromatic N) is 2. The Morgan fingerprint density at radius 2 is 2.00 bits per heavy atom. The summed E-state index contributed by atoms with van der Waals surface area (Å²) in [6.07, 6.45) is 4.73. The Morgan fingerprint density at radius 3 is 2.57 bits per heavy atom. The Labute approximate surface area is 82.0 Å². The van der Waals surface area contributed by atoms with Gasteiger partial charge in [0, 0.05) is 18.0 Å². The quantitative estimate of drug-likeness (QED) is 0.681. The third kappa shape index (κ3) is 1.57. The molecule has 2 rings (SSSR count). The zero-order valence-electron chi connectivity index (χ0n) is 7.84. The van der Waals surface area contributed by atoms with Gasteiger partial charge in [-0.3, -0.25) is 9.36 Å². The largest absolute Gasteiger partial charge is 0.272 e. The molecule has 1 aromatic heterocycles. The van der Waals surface area contributed by atoms with Crippen molar-refractivity contribution in [1.29, 1.82) is 0 Å². The molecule has 0 fully saturated rings. The maximum absolute atomic E-state index is 11.7. The van der Waals surface area contributed by atoms with Gasteiger partial charge < -0.3 is 0 Å². The summed E-state index contributed by atoms with van der Waals surface area (Å²) in [6, 6.07) is 7.48. The van der Waals surface area contributed by atoms with Crippen molar-refractivity contribution < 1.29 is 4.79 Å². The van der Waals surface area contributed by atoms with Crippen LogP contribution in [0.3, 0.4) is 0 Å². The highest BCUT2D eigenvalue weighted by Gasteiger charge is 2.05. The zero-order valence-corrected chi connectivity index (χ0v) is 7.84. The van der Waals surface area contributed by atoms with Crippen LogP contribution in [0.4, 0.5) is 0 Å². The van der Waals surface area contributed by atoms with Gasteiger partial charge >= 0.3 is 0 Å². The van der Waals surface area contributed by atoms with Gasteiger partial charge in [-0.2, -0.15) is 0 Å². The molecule has 3 heteroatoms. The highest BCUT2D eigenvalue weighted by atomic mass is 16.2. The number of aromatic nitrogens is 2. The van der Waals surface area contributed by atoms with Crippen LogP contribution in [0.1, 0.15) is 15.9 Å². The number of imidazole rings is 1. The second-order valence-corrected chi connectivity index (χ2v) is 3.14. The Balaban J connectivity index is 2.33. The molecule has 0 atom stereocenters. The van der Waals surface area contributed by atoms with Crippen molar-refractivity contribution in [3.63, 3.8) is 0 Å². The first-order valence-corrected chi connectivity index (χ1v) is 4.37. The normalized spacial score (nSPS) is 10.1. The smallest absolute Gasteiger partial charge is 0.263 e. The number of aryl methyl sites for hydroxylation is 1. The van der Waals surface area contributed by atoms with E-state index in [0.29, 0.717) is 5.56 Å². The first kappa shape index (κ1) is 8.69. The van der Waals surface area contributed by atoms with Crippen LogP contribution in [0, 0.1) is 6.92 Å². The Hall–Kier alpha value is -1.90. The molecule has 0 aliphatic carbocycles. The standard InChI is InChI=1S/C11H10N2O/c1-9-2-4-10(5-3-9)11(14)13-7-6-12-8-13/h2-8H,1H3. The fourth-order valence-corrected chi connectivity index (χ4v) is 1.22. The molecule has 70 valence electrons. The van der Waals surface area contributed by atoms with Crippen molar-refractivity contribution in [2.75, 3.05) is 0 Å². The highest BCUT2D eigenvalue weighted by molar-refractivity contribution is 5.95. The second-order valence-electron chi connectivity index (χ2n) is 3.14. The summed E-state index contributed by atoms with van der Waals surface area (Å²) in [5.41, 5.74) is 1.82. The number of carbonyl (C=O) groups is 1. The molecule has 0 saturated heterocycles. The molecule has 0 saturated carbocycles. The lowest BCUT2D eigenvalue weighted by molar-refractivity contribution is 0.0960. The maximum Gasteiger partial charge on any atom is 0.263 e. The summed E-state index contributed by atoms with van der Waals surface area (Å²) in [5, 5.41) is 0. The van der Waals surface area contributed by atoms with E-state index in [0.717, 1.165) is 5.56 Å². The van der Waals surface area contributed by atoms with E-state index in [1.807, 2.05) is 31.2 Å². The zero-order chi connectivity index (χ0) is 9.97. The predicted molar refractivity (Wildman–Crippen MR) is 53.1 cm³/mol. The van der Waals surface area contributed by atoms with E-state index in [1.165, 1.54) is 10.9 Å². The van der Waals surface area contributed by atoms with E-state index >= 15 is 0 Å². The summed E-state index contributed by atoms with van der Waals surface area (Å²) in [5.74, 6) is -0.0532. The van der Waals surface area contributed by atoms with Crippen LogP contribution in [-0.2, 0) is 0 Å². The average Bonchev–Trinajstić information content (AvgIpc) is 2.71. The fourth-order valence-electron chi connectivity index (χ4n) is 1.22. The van der Waals surface area contributed by atoms with Crippen LogP contribution >= 0.6 is 0 Å². The average molecular weight is 186 g/mol. The van der Waals surface area contributed by atoms with Crippen molar-refractivity contribution in [2.24, 2.45) is 0 Å². The number of rotatable bonds is 1. The Kier molecular flexibility index (Phi) is 2.14. The first-order chi connectivity index (χ1) is 6.77. The van der Waals surface area contributed by atoms with Gasteiger partial charge in [-0.15, -0.1) is 0 Å². The van der Waals surface area contributed by atoms with Gasteiger partial charge in [-0.05, 0) is 19.1 Å². The van der Waals surface area contributed by atoms with E-state index in [-0.39, 0.29) is 5.91 Å². The van der Waals surface area contributed by atoms with Gasteiger partial charge in [0.05, 0.1) is 0 Å². The lowest BCUT2D eigenvalue weighted by atomic mass is 10.1. The van der Waals surface area contributed by atoms with Crippen LogP contribution in [0.25, 0.3) is 0 Å². The summed E-state index contributed by atoms with van der Waals surface area (Å²) in [6.45, 7) is 1.99. The lowest BCUT2D eigenvalue weighted by Gasteiger charge is -2.00. The molecule has 0 bridgehead atoms. The summed E-state index contributed by atoms with van der Waals surface area (Å²) in [4.78, 5) is 15.6. The van der Waals surface area contributed by atoms with E-state index in [1.54, 1.807) is 12.4 Å². The van der Waals surface area contributed by atoms with Gasteiger partial charge in [0.25, 0.3) is 5.91 Å². The molecule has 14 heavy (non-hydrogen) atoms. The van der Waals surface area contributed by atoms with Gasteiger partial charge in [0.2, 0.25) is 0 Å². The van der Waals surface area contributed by atoms with Crippen molar-refractivity contribution in [2.45, 2.75) is 6.92 Å². The van der Waals surface area contributed by atoms with Crippen molar-refractivity contribution in [1.82, 2.24) is 9.55 Å². The van der Waals surface area contributed by atoms with Crippen LogP contribution in [0.15, 0.2) is 43.0 Å². The molecule has 0 aliphatic heterocycles. The summed E-state index contributed by atoms with van der Waals surface area (Å²) < 4.78 is 1.46. The number of benzene rings is 1. The van der Waals surface area contributed by atoms with Crippen LogP contribution in [0.5, 0.6) is 0 Å². The Morgan fingerprint density at radius 1 is 1.29 bits per heavy atom. The van der Waals surface area contributed by atoms with Crippen molar-refractivity contribution in [3.05, 3.63) is 54.1 Å². The number of carbonyl (C=O) groups excluding carboxylic acids is 1. The van der Waals surface area contributed by atoms with E-state index < -0.39 is 0 Å². The first-order valence-electron chi connectivity index (χ1n) is 4.37. The van der Waals surface area contributed by atoms with Crippen molar-refractivity contribution >= 4 is 5.91 Å². The van der Waals surface area contributed by atoms with Crippen LogP contribution in [0.2, 0.25) is 0 Å². The third-order valence-electron chi connectivity index (χ3n) is 2.04. The number of hydrogen-bond donors (Lipinski definition) is 0. The molecule has 0 radical (unpaired) electrons. The molecule has 1 aromatic carbocycles. The topological polar surface area (TPSA) is 34.9 Å². The van der Waals surface area contributed by atoms with Gasteiger partial charge in [0.15, 0.2) is 0 Å².